The lowest BCUT2D eigenvalue weighted by molar-refractivity contribution is -0.144. The zero-order valence-corrected chi connectivity index (χ0v) is 13.9. The number of hydrogen-bond acceptors (Lipinski definition) is 3. The van der Waals surface area contributed by atoms with Gasteiger partial charge in [-0.25, -0.2) is 0 Å². The van der Waals surface area contributed by atoms with Gasteiger partial charge < -0.3 is 15.8 Å². The molecule has 1 aliphatic heterocycles. The Morgan fingerprint density at radius 3 is 2.32 bits per heavy atom. The minimum atomic E-state index is -0.337. The number of rotatable bonds is 5. The van der Waals surface area contributed by atoms with E-state index in [1.54, 1.807) is 0 Å². The molecule has 0 aliphatic carbocycles. The highest BCUT2D eigenvalue weighted by Crippen LogP contribution is 2.36. The van der Waals surface area contributed by atoms with Gasteiger partial charge >= 0.3 is 0 Å². The van der Waals surface area contributed by atoms with E-state index in [0.29, 0.717) is 13.1 Å². The highest BCUT2D eigenvalue weighted by molar-refractivity contribution is 5.82. The van der Waals surface area contributed by atoms with E-state index in [9.17, 15) is 4.79 Å². The van der Waals surface area contributed by atoms with Gasteiger partial charge in [-0.3, -0.25) is 4.79 Å². The van der Waals surface area contributed by atoms with Crippen LogP contribution in [0.3, 0.4) is 0 Å². The number of carbonyl (C=O) groups is 1. The summed E-state index contributed by atoms with van der Waals surface area (Å²) in [6.45, 7) is 7.35. The Balaban J connectivity index is 1.91. The average molecular weight is 304 g/mol. The van der Waals surface area contributed by atoms with Gasteiger partial charge in [0.25, 0.3) is 0 Å². The maximum atomic E-state index is 12.6. The Kier molecular flexibility index (Phi) is 5.59. The zero-order valence-electron chi connectivity index (χ0n) is 13.9. The molecule has 0 bridgehead atoms. The van der Waals surface area contributed by atoms with Gasteiger partial charge in [0.1, 0.15) is 0 Å². The predicted octanol–water partition coefficient (Wildman–Crippen LogP) is 2.40. The molecule has 0 spiro atoms. The number of hydrogen-bond donors (Lipinski definition) is 2. The molecule has 1 fully saturated rings. The standard InChI is InChI=1S/C18H28N2O2/c1-13-10-18(3,11-14(2)22-13)17(21)20-12-16-6-4-15(5-7-16)8-9-19/h4-7,13-14H,8-12,19H2,1-3H3,(H,20,21). The van der Waals surface area contributed by atoms with Crippen LogP contribution in [0, 0.1) is 5.41 Å². The third-order valence-corrected chi connectivity index (χ3v) is 4.40. The minimum Gasteiger partial charge on any atom is -0.375 e. The lowest BCUT2D eigenvalue weighted by Gasteiger charge is -2.39. The smallest absolute Gasteiger partial charge is 0.226 e. The van der Waals surface area contributed by atoms with Gasteiger partial charge in [-0.2, -0.15) is 0 Å². The van der Waals surface area contributed by atoms with Crippen molar-refractivity contribution in [3.63, 3.8) is 0 Å². The Morgan fingerprint density at radius 2 is 1.77 bits per heavy atom. The van der Waals surface area contributed by atoms with Crippen LogP contribution in [0.25, 0.3) is 0 Å². The number of benzene rings is 1. The number of ether oxygens (including phenoxy) is 1. The maximum Gasteiger partial charge on any atom is 0.226 e. The molecule has 0 saturated carbocycles. The molecule has 3 N–H and O–H groups in total. The van der Waals surface area contributed by atoms with Crippen molar-refractivity contribution in [2.45, 2.75) is 58.8 Å². The number of amides is 1. The van der Waals surface area contributed by atoms with E-state index in [4.69, 9.17) is 10.5 Å². The van der Waals surface area contributed by atoms with Gasteiger partial charge in [-0.1, -0.05) is 31.2 Å². The van der Waals surface area contributed by atoms with Crippen LogP contribution in [0.1, 0.15) is 44.7 Å². The zero-order chi connectivity index (χ0) is 16.2. The fourth-order valence-corrected chi connectivity index (χ4v) is 3.42. The van der Waals surface area contributed by atoms with E-state index in [2.05, 4.69) is 29.6 Å². The highest BCUT2D eigenvalue weighted by Gasteiger charge is 2.40. The molecule has 0 radical (unpaired) electrons. The fourth-order valence-electron chi connectivity index (χ4n) is 3.42. The van der Waals surface area contributed by atoms with Crippen molar-refractivity contribution in [2.75, 3.05) is 6.54 Å². The number of nitrogens with two attached hydrogens (primary N) is 1. The number of carbonyl (C=O) groups excluding carboxylic acids is 1. The van der Waals surface area contributed by atoms with Crippen molar-refractivity contribution in [3.8, 4) is 0 Å². The van der Waals surface area contributed by atoms with Crippen molar-refractivity contribution in [3.05, 3.63) is 35.4 Å². The first-order valence-corrected chi connectivity index (χ1v) is 8.14. The van der Waals surface area contributed by atoms with E-state index >= 15 is 0 Å². The summed E-state index contributed by atoms with van der Waals surface area (Å²) >= 11 is 0. The summed E-state index contributed by atoms with van der Waals surface area (Å²) in [6.07, 6.45) is 2.71. The molecule has 2 atom stereocenters. The molecule has 2 rings (SSSR count). The SMILES string of the molecule is CC1CC(C)(C(=O)NCc2ccc(CCN)cc2)CC(C)O1. The Hall–Kier alpha value is -1.39. The molecule has 1 amide bonds. The van der Waals surface area contributed by atoms with Crippen LogP contribution in [0.15, 0.2) is 24.3 Å². The molecule has 4 nitrogen and oxygen atoms in total. The number of nitrogens with one attached hydrogen (secondary N) is 1. The van der Waals surface area contributed by atoms with Crippen molar-refractivity contribution < 1.29 is 9.53 Å². The molecule has 2 unspecified atom stereocenters. The monoisotopic (exact) mass is 304 g/mol. The van der Waals surface area contributed by atoms with Crippen LogP contribution in [-0.4, -0.2) is 24.7 Å². The molecule has 22 heavy (non-hydrogen) atoms. The Morgan fingerprint density at radius 1 is 1.23 bits per heavy atom. The normalized spacial score (nSPS) is 28.4. The molecule has 1 heterocycles. The Bertz CT molecular complexity index is 488. The molecule has 4 heteroatoms. The third-order valence-electron chi connectivity index (χ3n) is 4.40. The van der Waals surface area contributed by atoms with Gasteiger partial charge in [0.15, 0.2) is 0 Å². The molecule has 0 aromatic heterocycles. The van der Waals surface area contributed by atoms with Gasteiger partial charge in [0.05, 0.1) is 17.6 Å². The Labute approximate surface area is 133 Å². The predicted molar refractivity (Wildman–Crippen MR) is 88.4 cm³/mol. The van der Waals surface area contributed by atoms with Crippen molar-refractivity contribution in [1.82, 2.24) is 5.32 Å². The minimum absolute atomic E-state index is 0.125. The van der Waals surface area contributed by atoms with Crippen molar-refractivity contribution >= 4 is 5.91 Å². The second-order valence-electron chi connectivity index (χ2n) is 6.76. The first-order valence-electron chi connectivity index (χ1n) is 8.14. The maximum absolute atomic E-state index is 12.6. The van der Waals surface area contributed by atoms with Gasteiger partial charge in [0, 0.05) is 6.54 Å². The molecule has 1 aromatic rings. The summed E-state index contributed by atoms with van der Waals surface area (Å²) in [4.78, 5) is 12.6. The summed E-state index contributed by atoms with van der Waals surface area (Å²) in [6, 6.07) is 8.27. The summed E-state index contributed by atoms with van der Waals surface area (Å²) in [5.74, 6) is 0.125. The molecule has 1 aliphatic rings. The molecular formula is C18H28N2O2. The van der Waals surface area contributed by atoms with Crippen LogP contribution < -0.4 is 11.1 Å². The average Bonchev–Trinajstić information content (AvgIpc) is 2.45. The van der Waals surface area contributed by atoms with Crippen LogP contribution >= 0.6 is 0 Å². The van der Waals surface area contributed by atoms with E-state index in [1.165, 1.54) is 5.56 Å². The van der Waals surface area contributed by atoms with E-state index in [0.717, 1.165) is 24.8 Å². The summed E-state index contributed by atoms with van der Waals surface area (Å²) in [5.41, 5.74) is 7.56. The second-order valence-corrected chi connectivity index (χ2v) is 6.76. The largest absolute Gasteiger partial charge is 0.375 e. The lowest BCUT2D eigenvalue weighted by atomic mass is 9.77. The quantitative estimate of drug-likeness (QED) is 0.878. The van der Waals surface area contributed by atoms with Crippen LogP contribution in [0.5, 0.6) is 0 Å². The van der Waals surface area contributed by atoms with Crippen LogP contribution in [-0.2, 0) is 22.5 Å². The van der Waals surface area contributed by atoms with E-state index < -0.39 is 0 Å². The topological polar surface area (TPSA) is 64.4 Å². The molecule has 1 aromatic carbocycles. The fraction of sp³-hybridized carbons (Fsp3) is 0.611. The third kappa shape index (κ3) is 4.31. The van der Waals surface area contributed by atoms with Crippen LogP contribution in [0.4, 0.5) is 0 Å². The van der Waals surface area contributed by atoms with Gasteiger partial charge in [-0.15, -0.1) is 0 Å². The second kappa shape index (κ2) is 7.25. The summed E-state index contributed by atoms with van der Waals surface area (Å²) in [5, 5.41) is 3.08. The molecule has 1 saturated heterocycles. The van der Waals surface area contributed by atoms with Gasteiger partial charge in [0.2, 0.25) is 5.91 Å². The molecule has 122 valence electrons. The first kappa shape index (κ1) is 17.0. The van der Waals surface area contributed by atoms with Gasteiger partial charge in [-0.05, 0) is 50.8 Å². The highest BCUT2D eigenvalue weighted by atomic mass is 16.5. The molecular weight excluding hydrogens is 276 g/mol. The van der Waals surface area contributed by atoms with Crippen molar-refractivity contribution in [1.29, 1.82) is 0 Å². The van der Waals surface area contributed by atoms with Crippen molar-refractivity contribution in [2.24, 2.45) is 11.1 Å². The lowest BCUT2D eigenvalue weighted by Crippen LogP contribution is -2.46. The summed E-state index contributed by atoms with van der Waals surface area (Å²) in [7, 11) is 0. The first-order chi connectivity index (χ1) is 10.4. The van der Waals surface area contributed by atoms with E-state index in [-0.39, 0.29) is 23.5 Å². The summed E-state index contributed by atoms with van der Waals surface area (Å²) < 4.78 is 5.74. The van der Waals surface area contributed by atoms with E-state index in [1.807, 2.05) is 20.8 Å². The van der Waals surface area contributed by atoms with Crippen LogP contribution in [0.2, 0.25) is 0 Å².